The van der Waals surface area contributed by atoms with Crippen LogP contribution < -0.4 is 10.1 Å². The number of halogens is 2. The first kappa shape index (κ1) is 15.8. The van der Waals surface area contributed by atoms with Crippen molar-refractivity contribution in [2.75, 3.05) is 11.9 Å². The zero-order chi connectivity index (χ0) is 15.4. The van der Waals surface area contributed by atoms with Crippen LogP contribution in [0.3, 0.4) is 0 Å². The van der Waals surface area contributed by atoms with E-state index in [0.29, 0.717) is 33.9 Å². The molecule has 1 aromatic carbocycles. The molecule has 0 unspecified atom stereocenters. The third-order valence-corrected chi connectivity index (χ3v) is 3.30. The SMILES string of the molecule is CCNc1nc(OC(C)C)nc(-c2cccc(Cl)c2Cl)n1. The summed E-state index contributed by atoms with van der Waals surface area (Å²) in [5.41, 5.74) is 0.638. The summed E-state index contributed by atoms with van der Waals surface area (Å²) >= 11 is 12.3. The summed E-state index contributed by atoms with van der Waals surface area (Å²) in [6.07, 6.45) is -0.0374. The molecule has 112 valence electrons. The molecular weight excluding hydrogens is 311 g/mol. The topological polar surface area (TPSA) is 59.9 Å². The molecule has 1 heterocycles. The molecule has 0 radical (unpaired) electrons. The van der Waals surface area contributed by atoms with Crippen molar-refractivity contribution < 1.29 is 4.74 Å². The molecule has 7 heteroatoms. The quantitative estimate of drug-likeness (QED) is 0.897. The molecule has 0 saturated heterocycles. The second kappa shape index (κ2) is 6.91. The summed E-state index contributed by atoms with van der Waals surface area (Å²) < 4.78 is 5.56. The average Bonchev–Trinajstić information content (AvgIpc) is 2.41. The average molecular weight is 327 g/mol. The molecule has 21 heavy (non-hydrogen) atoms. The lowest BCUT2D eigenvalue weighted by molar-refractivity contribution is 0.222. The lowest BCUT2D eigenvalue weighted by atomic mass is 10.2. The molecule has 2 aromatic rings. The maximum absolute atomic E-state index is 6.22. The summed E-state index contributed by atoms with van der Waals surface area (Å²) in [4.78, 5) is 12.9. The van der Waals surface area contributed by atoms with Crippen molar-refractivity contribution in [1.29, 1.82) is 0 Å². The second-order valence-electron chi connectivity index (χ2n) is 4.56. The van der Waals surface area contributed by atoms with Crippen molar-refractivity contribution in [2.45, 2.75) is 26.9 Å². The number of benzene rings is 1. The van der Waals surface area contributed by atoms with Gasteiger partial charge in [0.05, 0.1) is 16.1 Å². The summed E-state index contributed by atoms with van der Waals surface area (Å²) in [6, 6.07) is 5.56. The van der Waals surface area contributed by atoms with Crippen molar-refractivity contribution in [2.24, 2.45) is 0 Å². The molecule has 0 bridgehead atoms. The fraction of sp³-hybridized carbons (Fsp3) is 0.357. The van der Waals surface area contributed by atoms with Crippen molar-refractivity contribution in [3.63, 3.8) is 0 Å². The van der Waals surface area contributed by atoms with E-state index in [2.05, 4.69) is 20.3 Å². The van der Waals surface area contributed by atoms with Gasteiger partial charge in [-0.1, -0.05) is 29.3 Å². The van der Waals surface area contributed by atoms with Gasteiger partial charge in [-0.05, 0) is 32.9 Å². The van der Waals surface area contributed by atoms with Gasteiger partial charge in [0, 0.05) is 12.1 Å². The van der Waals surface area contributed by atoms with E-state index < -0.39 is 0 Å². The minimum atomic E-state index is -0.0374. The molecule has 5 nitrogen and oxygen atoms in total. The van der Waals surface area contributed by atoms with Crippen LogP contribution in [-0.4, -0.2) is 27.6 Å². The van der Waals surface area contributed by atoms with E-state index in [1.54, 1.807) is 18.2 Å². The molecule has 2 rings (SSSR count). The van der Waals surface area contributed by atoms with Crippen molar-refractivity contribution in [3.8, 4) is 17.4 Å². The van der Waals surface area contributed by atoms with Gasteiger partial charge in [0.1, 0.15) is 0 Å². The number of nitrogens with one attached hydrogen (secondary N) is 1. The fourth-order valence-corrected chi connectivity index (χ4v) is 2.04. The molecule has 0 aliphatic carbocycles. The Morgan fingerprint density at radius 1 is 1.19 bits per heavy atom. The molecule has 1 N–H and O–H groups in total. The number of hydrogen-bond acceptors (Lipinski definition) is 5. The third-order valence-electron chi connectivity index (χ3n) is 2.48. The van der Waals surface area contributed by atoms with E-state index in [9.17, 15) is 0 Å². The van der Waals surface area contributed by atoms with Crippen LogP contribution in [0.15, 0.2) is 18.2 Å². The van der Waals surface area contributed by atoms with Gasteiger partial charge in [0.25, 0.3) is 0 Å². The van der Waals surface area contributed by atoms with Crippen LogP contribution in [0.4, 0.5) is 5.95 Å². The lowest BCUT2D eigenvalue weighted by Crippen LogP contribution is -2.12. The molecule has 0 amide bonds. The van der Waals surface area contributed by atoms with Gasteiger partial charge in [-0.25, -0.2) is 0 Å². The maximum Gasteiger partial charge on any atom is 0.322 e. The molecule has 1 aromatic heterocycles. The molecular formula is C14H16Cl2N4O. The Morgan fingerprint density at radius 3 is 2.62 bits per heavy atom. The van der Waals surface area contributed by atoms with E-state index >= 15 is 0 Å². The predicted octanol–water partition coefficient (Wildman–Crippen LogP) is 4.06. The van der Waals surface area contributed by atoms with E-state index in [1.165, 1.54) is 0 Å². The van der Waals surface area contributed by atoms with Crippen molar-refractivity contribution in [1.82, 2.24) is 15.0 Å². The Kier molecular flexibility index (Phi) is 5.20. The Hall–Kier alpha value is -1.59. The monoisotopic (exact) mass is 326 g/mol. The fourth-order valence-electron chi connectivity index (χ4n) is 1.65. The zero-order valence-electron chi connectivity index (χ0n) is 12.0. The molecule has 0 aliphatic heterocycles. The summed E-state index contributed by atoms with van der Waals surface area (Å²) in [7, 11) is 0. The van der Waals surface area contributed by atoms with E-state index in [0.717, 1.165) is 0 Å². The first-order valence-corrected chi connectivity index (χ1v) is 7.37. The predicted molar refractivity (Wildman–Crippen MR) is 85.2 cm³/mol. The van der Waals surface area contributed by atoms with Gasteiger partial charge in [0.2, 0.25) is 5.95 Å². The van der Waals surface area contributed by atoms with Gasteiger partial charge >= 0.3 is 6.01 Å². The molecule has 0 aliphatic rings. The van der Waals surface area contributed by atoms with Gasteiger partial charge in [0.15, 0.2) is 5.82 Å². The number of ether oxygens (including phenoxy) is 1. The van der Waals surface area contributed by atoms with Crippen LogP contribution in [0.2, 0.25) is 10.0 Å². The van der Waals surface area contributed by atoms with Crippen LogP contribution in [-0.2, 0) is 0 Å². The number of rotatable bonds is 5. The highest BCUT2D eigenvalue weighted by Gasteiger charge is 2.14. The van der Waals surface area contributed by atoms with Gasteiger partial charge in [-0.15, -0.1) is 0 Å². The summed E-state index contributed by atoms with van der Waals surface area (Å²) in [6.45, 7) is 6.46. The zero-order valence-corrected chi connectivity index (χ0v) is 13.5. The smallest absolute Gasteiger partial charge is 0.322 e. The molecule has 0 saturated carbocycles. The Balaban J connectivity index is 2.51. The van der Waals surface area contributed by atoms with E-state index in [-0.39, 0.29) is 12.1 Å². The van der Waals surface area contributed by atoms with Gasteiger partial charge < -0.3 is 10.1 Å². The number of aromatic nitrogens is 3. The Morgan fingerprint density at radius 2 is 1.95 bits per heavy atom. The van der Waals surface area contributed by atoms with Crippen LogP contribution >= 0.6 is 23.2 Å². The summed E-state index contributed by atoms with van der Waals surface area (Å²) in [5, 5.41) is 3.90. The van der Waals surface area contributed by atoms with Crippen molar-refractivity contribution >= 4 is 29.2 Å². The van der Waals surface area contributed by atoms with E-state index in [4.69, 9.17) is 27.9 Å². The molecule has 0 spiro atoms. The first-order valence-electron chi connectivity index (χ1n) is 6.62. The van der Waals surface area contributed by atoms with Gasteiger partial charge in [-0.2, -0.15) is 15.0 Å². The van der Waals surface area contributed by atoms with Crippen LogP contribution in [0.5, 0.6) is 6.01 Å². The third kappa shape index (κ3) is 3.95. The van der Waals surface area contributed by atoms with Crippen molar-refractivity contribution in [3.05, 3.63) is 28.2 Å². The second-order valence-corrected chi connectivity index (χ2v) is 5.35. The highest BCUT2D eigenvalue weighted by atomic mass is 35.5. The largest absolute Gasteiger partial charge is 0.461 e. The number of hydrogen-bond donors (Lipinski definition) is 1. The minimum Gasteiger partial charge on any atom is -0.461 e. The number of anilines is 1. The maximum atomic E-state index is 6.22. The first-order chi connectivity index (χ1) is 10.0. The normalized spacial score (nSPS) is 10.8. The minimum absolute atomic E-state index is 0.0374. The van der Waals surface area contributed by atoms with E-state index in [1.807, 2.05) is 20.8 Å². The molecule has 0 fully saturated rings. The summed E-state index contributed by atoms with van der Waals surface area (Å²) in [5.74, 6) is 0.860. The standard InChI is InChI=1S/C14H16Cl2N4O/c1-4-17-13-18-12(19-14(20-13)21-8(2)3)9-6-5-7-10(15)11(9)16/h5-8H,4H2,1-3H3,(H,17,18,19,20). The van der Waals surface area contributed by atoms with Crippen LogP contribution in [0.25, 0.3) is 11.4 Å². The molecule has 0 atom stereocenters. The highest BCUT2D eigenvalue weighted by molar-refractivity contribution is 6.43. The van der Waals surface area contributed by atoms with Crippen LogP contribution in [0, 0.1) is 0 Å². The number of nitrogens with zero attached hydrogens (tertiary/aromatic N) is 3. The lowest BCUT2D eigenvalue weighted by Gasteiger charge is -2.11. The van der Waals surface area contributed by atoms with Gasteiger partial charge in [-0.3, -0.25) is 0 Å². The highest BCUT2D eigenvalue weighted by Crippen LogP contribution is 2.32. The Bertz CT molecular complexity index is 634. The van der Waals surface area contributed by atoms with Crippen LogP contribution in [0.1, 0.15) is 20.8 Å². The Labute approximate surface area is 133 Å².